The lowest BCUT2D eigenvalue weighted by atomic mass is 10.0. The Balaban J connectivity index is 1.82. The van der Waals surface area contributed by atoms with Crippen LogP contribution < -0.4 is 5.32 Å². The van der Waals surface area contributed by atoms with Crippen molar-refractivity contribution >= 4 is 11.6 Å². The van der Waals surface area contributed by atoms with Crippen LogP contribution in [0, 0.1) is 6.92 Å². The van der Waals surface area contributed by atoms with Crippen LogP contribution in [0.15, 0.2) is 59.5 Å². The van der Waals surface area contributed by atoms with Crippen LogP contribution in [-0.4, -0.2) is 14.8 Å². The van der Waals surface area contributed by atoms with Crippen LogP contribution in [0.5, 0.6) is 0 Å². The second kappa shape index (κ2) is 4.63. The molecule has 2 aromatic heterocycles. The summed E-state index contributed by atoms with van der Waals surface area (Å²) >= 11 is 0. The highest BCUT2D eigenvalue weighted by Crippen LogP contribution is 2.31. The summed E-state index contributed by atoms with van der Waals surface area (Å²) in [7, 11) is 0. The number of aryl methyl sites for hydroxylation is 1. The van der Waals surface area contributed by atoms with E-state index in [0.29, 0.717) is 0 Å². The third kappa shape index (κ3) is 2.03. The third-order valence-corrected chi connectivity index (χ3v) is 3.61. The SMILES string of the molecule is Cc1ccc([C@@H]2C=C(c3ccco3)Nc3ncnn32)cc1. The van der Waals surface area contributed by atoms with Gasteiger partial charge in [0, 0.05) is 0 Å². The van der Waals surface area contributed by atoms with Crippen molar-refractivity contribution in [2.24, 2.45) is 0 Å². The maximum Gasteiger partial charge on any atom is 0.226 e. The maximum absolute atomic E-state index is 5.48. The Bertz CT molecular complexity index is 784. The molecule has 1 aliphatic heterocycles. The number of hydrogen-bond donors (Lipinski definition) is 1. The lowest BCUT2D eigenvalue weighted by molar-refractivity contribution is 0.547. The molecular weight excluding hydrogens is 264 g/mol. The van der Waals surface area contributed by atoms with Gasteiger partial charge in [0.15, 0.2) is 0 Å². The summed E-state index contributed by atoms with van der Waals surface area (Å²) in [5.41, 5.74) is 3.31. The highest BCUT2D eigenvalue weighted by Gasteiger charge is 2.24. The quantitative estimate of drug-likeness (QED) is 0.782. The van der Waals surface area contributed by atoms with Crippen LogP contribution in [0.4, 0.5) is 5.95 Å². The fourth-order valence-electron chi connectivity index (χ4n) is 2.51. The van der Waals surface area contributed by atoms with Crippen molar-refractivity contribution in [1.82, 2.24) is 14.8 Å². The molecule has 21 heavy (non-hydrogen) atoms. The zero-order valence-corrected chi connectivity index (χ0v) is 11.5. The Morgan fingerprint density at radius 3 is 2.81 bits per heavy atom. The average molecular weight is 278 g/mol. The zero-order valence-electron chi connectivity index (χ0n) is 11.5. The van der Waals surface area contributed by atoms with Crippen LogP contribution in [0.1, 0.15) is 22.9 Å². The van der Waals surface area contributed by atoms with Gasteiger partial charge in [0.05, 0.1) is 12.0 Å². The summed E-state index contributed by atoms with van der Waals surface area (Å²) in [6.07, 6.45) is 5.33. The Morgan fingerprint density at radius 1 is 1.19 bits per heavy atom. The van der Waals surface area contributed by atoms with Gasteiger partial charge >= 0.3 is 0 Å². The van der Waals surface area contributed by atoms with Crippen LogP contribution in [0.2, 0.25) is 0 Å². The number of allylic oxidation sites excluding steroid dienone is 1. The van der Waals surface area contributed by atoms with Crippen LogP contribution >= 0.6 is 0 Å². The van der Waals surface area contributed by atoms with Gasteiger partial charge in [0.2, 0.25) is 5.95 Å². The predicted octanol–water partition coefficient (Wildman–Crippen LogP) is 3.24. The van der Waals surface area contributed by atoms with Gasteiger partial charge in [-0.25, -0.2) is 4.68 Å². The van der Waals surface area contributed by atoms with E-state index < -0.39 is 0 Å². The molecular formula is C16H14N4O. The summed E-state index contributed by atoms with van der Waals surface area (Å²) < 4.78 is 7.35. The Morgan fingerprint density at radius 2 is 2.05 bits per heavy atom. The van der Waals surface area contributed by atoms with Gasteiger partial charge in [0.1, 0.15) is 18.1 Å². The minimum atomic E-state index is 0.00412. The van der Waals surface area contributed by atoms with Gasteiger partial charge in [-0.15, -0.1) is 0 Å². The Kier molecular flexibility index (Phi) is 2.64. The molecule has 104 valence electrons. The predicted molar refractivity (Wildman–Crippen MR) is 79.6 cm³/mol. The molecule has 0 unspecified atom stereocenters. The van der Waals surface area contributed by atoms with E-state index in [1.807, 2.05) is 16.8 Å². The van der Waals surface area contributed by atoms with E-state index in [0.717, 1.165) is 23.0 Å². The number of fused-ring (bicyclic) bond motifs is 1. The number of nitrogens with one attached hydrogen (secondary N) is 1. The van der Waals surface area contributed by atoms with Gasteiger partial charge in [-0.05, 0) is 30.7 Å². The summed E-state index contributed by atoms with van der Waals surface area (Å²) in [6.45, 7) is 2.08. The van der Waals surface area contributed by atoms with E-state index in [2.05, 4.69) is 52.7 Å². The van der Waals surface area contributed by atoms with Gasteiger partial charge in [-0.3, -0.25) is 0 Å². The first-order valence-electron chi connectivity index (χ1n) is 6.80. The molecule has 0 saturated heterocycles. The van der Waals surface area contributed by atoms with Crippen molar-refractivity contribution in [1.29, 1.82) is 0 Å². The van der Waals surface area contributed by atoms with Crippen molar-refractivity contribution in [2.45, 2.75) is 13.0 Å². The van der Waals surface area contributed by atoms with Gasteiger partial charge in [-0.2, -0.15) is 10.1 Å². The topological polar surface area (TPSA) is 55.9 Å². The van der Waals surface area contributed by atoms with Crippen molar-refractivity contribution in [3.8, 4) is 0 Å². The van der Waals surface area contributed by atoms with Crippen LogP contribution in [0.25, 0.3) is 5.70 Å². The van der Waals surface area contributed by atoms with Crippen molar-refractivity contribution in [2.75, 3.05) is 5.32 Å². The average Bonchev–Trinajstić information content (AvgIpc) is 3.18. The molecule has 4 rings (SSSR count). The summed E-state index contributed by atoms with van der Waals surface area (Å²) in [5, 5.41) is 7.57. The number of rotatable bonds is 2. The van der Waals surface area contributed by atoms with E-state index in [4.69, 9.17) is 4.42 Å². The lowest BCUT2D eigenvalue weighted by Gasteiger charge is -2.23. The van der Waals surface area contributed by atoms with Crippen molar-refractivity contribution in [3.63, 3.8) is 0 Å². The first-order chi connectivity index (χ1) is 10.3. The first-order valence-corrected chi connectivity index (χ1v) is 6.80. The second-order valence-electron chi connectivity index (χ2n) is 5.07. The van der Waals surface area contributed by atoms with E-state index in [9.17, 15) is 0 Å². The minimum Gasteiger partial charge on any atom is -0.463 e. The summed E-state index contributed by atoms with van der Waals surface area (Å²) in [5.74, 6) is 1.51. The van der Waals surface area contributed by atoms with Crippen LogP contribution in [-0.2, 0) is 0 Å². The number of aromatic nitrogens is 3. The number of furan rings is 1. The first kappa shape index (κ1) is 12.0. The molecule has 1 atom stereocenters. The van der Waals surface area contributed by atoms with Crippen LogP contribution in [0.3, 0.4) is 0 Å². The number of benzene rings is 1. The molecule has 3 aromatic rings. The monoisotopic (exact) mass is 278 g/mol. The normalized spacial score (nSPS) is 17.0. The van der Waals surface area contributed by atoms with Gasteiger partial charge in [0.25, 0.3) is 0 Å². The molecule has 1 N–H and O–H groups in total. The third-order valence-electron chi connectivity index (χ3n) is 3.61. The molecule has 5 nitrogen and oxygen atoms in total. The standard InChI is InChI=1S/C16H14N4O/c1-11-4-6-12(7-5-11)14-9-13(15-3-2-8-21-15)19-16-17-10-18-20(14)16/h2-10,14H,1H3,(H,17,18,19)/t14-/m0/s1. The highest BCUT2D eigenvalue weighted by molar-refractivity contribution is 5.74. The van der Waals surface area contributed by atoms with Gasteiger partial charge in [-0.1, -0.05) is 29.8 Å². The van der Waals surface area contributed by atoms with E-state index in [1.54, 1.807) is 12.6 Å². The van der Waals surface area contributed by atoms with E-state index in [1.165, 1.54) is 5.56 Å². The number of hydrogen-bond acceptors (Lipinski definition) is 4. The molecule has 0 fully saturated rings. The molecule has 0 radical (unpaired) electrons. The minimum absolute atomic E-state index is 0.00412. The molecule has 0 bridgehead atoms. The summed E-state index contributed by atoms with van der Waals surface area (Å²) in [4.78, 5) is 4.27. The Labute approximate surface area is 121 Å². The van der Waals surface area contributed by atoms with E-state index >= 15 is 0 Å². The van der Waals surface area contributed by atoms with E-state index in [-0.39, 0.29) is 6.04 Å². The molecule has 0 saturated carbocycles. The lowest BCUT2D eigenvalue weighted by Crippen LogP contribution is -2.20. The maximum atomic E-state index is 5.48. The van der Waals surface area contributed by atoms with Crippen molar-refractivity contribution in [3.05, 3.63) is 72.0 Å². The molecule has 1 aliphatic rings. The molecule has 0 aliphatic carbocycles. The number of nitrogens with zero attached hydrogens (tertiary/aromatic N) is 3. The highest BCUT2D eigenvalue weighted by atomic mass is 16.3. The number of anilines is 1. The smallest absolute Gasteiger partial charge is 0.226 e. The largest absolute Gasteiger partial charge is 0.463 e. The zero-order chi connectivity index (χ0) is 14.2. The van der Waals surface area contributed by atoms with Gasteiger partial charge < -0.3 is 9.73 Å². The fourth-order valence-corrected chi connectivity index (χ4v) is 2.51. The second-order valence-corrected chi connectivity index (χ2v) is 5.07. The molecule has 5 heteroatoms. The molecule has 3 heterocycles. The summed E-state index contributed by atoms with van der Waals surface area (Å²) in [6, 6.07) is 12.3. The fraction of sp³-hybridized carbons (Fsp3) is 0.125. The molecule has 0 amide bonds. The molecule has 0 spiro atoms. The van der Waals surface area contributed by atoms with Crippen molar-refractivity contribution < 1.29 is 4.42 Å². The molecule has 1 aromatic carbocycles. The Hall–Kier alpha value is -2.82.